The summed E-state index contributed by atoms with van der Waals surface area (Å²) in [6.45, 7) is 8.55. The van der Waals surface area contributed by atoms with Gasteiger partial charge in [-0.25, -0.2) is 0 Å². The van der Waals surface area contributed by atoms with Crippen LogP contribution in [0.5, 0.6) is 0 Å². The molecule has 1 rings (SSSR count). The average molecular weight is 481 g/mol. The molecule has 0 saturated carbocycles. The van der Waals surface area contributed by atoms with E-state index in [2.05, 4.69) is 27.7 Å². The monoisotopic (exact) mass is 480 g/mol. The minimum Gasteiger partial charge on any atom is -0.282 e. The molecule has 0 atom stereocenters. The lowest BCUT2D eigenvalue weighted by Crippen LogP contribution is -2.17. The van der Waals surface area contributed by atoms with E-state index >= 15 is 0 Å². The van der Waals surface area contributed by atoms with Gasteiger partial charge in [-0.3, -0.25) is 4.55 Å². The van der Waals surface area contributed by atoms with Crippen LogP contribution in [0, 0.1) is 0 Å². The molecule has 0 fully saturated rings. The number of benzene rings is 1. The Morgan fingerprint density at radius 3 is 1.42 bits per heavy atom. The van der Waals surface area contributed by atoms with E-state index in [9.17, 15) is 13.0 Å². The molecule has 33 heavy (non-hydrogen) atoms. The second kappa shape index (κ2) is 16.7. The van der Waals surface area contributed by atoms with Crippen molar-refractivity contribution in [2.45, 2.75) is 154 Å². The zero-order valence-electron chi connectivity index (χ0n) is 22.1. The lowest BCUT2D eigenvalue weighted by Gasteiger charge is -2.24. The first-order chi connectivity index (χ1) is 15.7. The van der Waals surface area contributed by atoms with Crippen molar-refractivity contribution >= 4 is 10.1 Å². The van der Waals surface area contributed by atoms with Gasteiger partial charge in [-0.05, 0) is 35.4 Å². The predicted octanol–water partition coefficient (Wildman–Crippen LogP) is 9.42. The van der Waals surface area contributed by atoms with Crippen molar-refractivity contribution in [1.82, 2.24) is 0 Å². The Bertz CT molecular complexity index is 732. The maximum atomic E-state index is 11.9. The van der Waals surface area contributed by atoms with Crippen molar-refractivity contribution in [3.63, 3.8) is 0 Å². The number of hydrogen-bond donors (Lipinski definition) is 1. The molecule has 4 heteroatoms. The molecule has 0 aliphatic heterocycles. The standard InChI is InChI=1S/C29H52O3S/c1-5-6-7-8-9-10-11-12-13-14-15-16-17-18-19-20-21-23-26-27(29(2,3)4)24-22-25-28(26)33(30,31)32/h22,24-25H,5-21,23H2,1-4H3,(H,30,31,32). The first kappa shape index (κ1) is 30.2. The van der Waals surface area contributed by atoms with Crippen LogP contribution in [0.15, 0.2) is 23.1 Å². The van der Waals surface area contributed by atoms with Gasteiger partial charge in [0.05, 0.1) is 4.90 Å². The molecule has 1 aromatic rings. The summed E-state index contributed by atoms with van der Waals surface area (Å²) < 4.78 is 33.4. The fraction of sp³-hybridized carbons (Fsp3) is 0.793. The number of rotatable bonds is 19. The Labute approximate surface area is 205 Å². The lowest BCUT2D eigenvalue weighted by atomic mass is 9.82. The molecule has 0 aliphatic carbocycles. The fourth-order valence-corrected chi connectivity index (χ4v) is 5.57. The van der Waals surface area contributed by atoms with Crippen molar-refractivity contribution < 1.29 is 13.0 Å². The zero-order chi connectivity index (χ0) is 24.6. The first-order valence-electron chi connectivity index (χ1n) is 13.8. The molecule has 0 bridgehead atoms. The van der Waals surface area contributed by atoms with E-state index in [1.165, 1.54) is 102 Å². The molecule has 0 unspecified atom stereocenters. The lowest BCUT2D eigenvalue weighted by molar-refractivity contribution is 0.480. The normalized spacial score (nSPS) is 12.4. The van der Waals surface area contributed by atoms with Crippen LogP contribution in [0.25, 0.3) is 0 Å². The quantitative estimate of drug-likeness (QED) is 0.158. The third-order valence-corrected chi connectivity index (χ3v) is 7.69. The second-order valence-corrected chi connectivity index (χ2v) is 12.3. The number of unbranched alkanes of at least 4 members (excludes halogenated alkanes) is 16. The fourth-order valence-electron chi connectivity index (χ4n) is 4.79. The molecule has 192 valence electrons. The molecule has 1 aromatic carbocycles. The van der Waals surface area contributed by atoms with Crippen LogP contribution >= 0.6 is 0 Å². The highest BCUT2D eigenvalue weighted by atomic mass is 32.2. The molecule has 0 heterocycles. The van der Waals surface area contributed by atoms with E-state index < -0.39 is 10.1 Å². The van der Waals surface area contributed by atoms with Gasteiger partial charge >= 0.3 is 0 Å². The van der Waals surface area contributed by atoms with Crippen LogP contribution in [-0.2, 0) is 22.0 Å². The molecule has 0 aliphatic rings. The molecule has 1 N–H and O–H groups in total. The van der Waals surface area contributed by atoms with Crippen molar-refractivity contribution in [1.29, 1.82) is 0 Å². The van der Waals surface area contributed by atoms with Crippen molar-refractivity contribution in [2.75, 3.05) is 0 Å². The van der Waals surface area contributed by atoms with E-state index in [1.54, 1.807) is 6.07 Å². The molecule has 0 spiro atoms. The molecule has 0 saturated heterocycles. The Kier molecular flexibility index (Phi) is 15.3. The van der Waals surface area contributed by atoms with Crippen LogP contribution in [0.2, 0.25) is 0 Å². The summed E-state index contributed by atoms with van der Waals surface area (Å²) in [5, 5.41) is 0. The molecule has 0 radical (unpaired) electrons. The van der Waals surface area contributed by atoms with E-state index in [4.69, 9.17) is 0 Å². The Balaban J connectivity index is 2.14. The van der Waals surface area contributed by atoms with E-state index in [0.29, 0.717) is 6.42 Å². The maximum absolute atomic E-state index is 11.9. The molecular weight excluding hydrogens is 428 g/mol. The third-order valence-electron chi connectivity index (χ3n) is 6.75. The molecule has 0 amide bonds. The largest absolute Gasteiger partial charge is 0.294 e. The highest BCUT2D eigenvalue weighted by molar-refractivity contribution is 7.85. The maximum Gasteiger partial charge on any atom is 0.294 e. The topological polar surface area (TPSA) is 54.4 Å². The summed E-state index contributed by atoms with van der Waals surface area (Å²) in [6.07, 6.45) is 23.4. The summed E-state index contributed by atoms with van der Waals surface area (Å²) in [4.78, 5) is 0.0893. The van der Waals surface area contributed by atoms with Gasteiger partial charge in [-0.2, -0.15) is 8.42 Å². The van der Waals surface area contributed by atoms with Crippen LogP contribution in [-0.4, -0.2) is 13.0 Å². The van der Waals surface area contributed by atoms with Crippen LogP contribution < -0.4 is 0 Å². The van der Waals surface area contributed by atoms with Crippen LogP contribution in [0.3, 0.4) is 0 Å². The zero-order valence-corrected chi connectivity index (χ0v) is 22.9. The van der Waals surface area contributed by atoms with Crippen LogP contribution in [0.1, 0.15) is 148 Å². The second-order valence-electron chi connectivity index (χ2n) is 10.9. The van der Waals surface area contributed by atoms with Crippen molar-refractivity contribution in [3.8, 4) is 0 Å². The van der Waals surface area contributed by atoms with Gasteiger partial charge in [-0.15, -0.1) is 0 Å². The summed E-state index contributed by atoms with van der Waals surface area (Å²) >= 11 is 0. The highest BCUT2D eigenvalue weighted by Crippen LogP contribution is 2.31. The van der Waals surface area contributed by atoms with Gasteiger partial charge in [0.1, 0.15) is 0 Å². The van der Waals surface area contributed by atoms with E-state index in [0.717, 1.165) is 24.0 Å². The Morgan fingerprint density at radius 1 is 0.667 bits per heavy atom. The Hall–Kier alpha value is -0.870. The van der Waals surface area contributed by atoms with E-state index in [-0.39, 0.29) is 10.3 Å². The number of hydrogen-bond acceptors (Lipinski definition) is 2. The van der Waals surface area contributed by atoms with Crippen molar-refractivity contribution in [3.05, 3.63) is 29.3 Å². The Morgan fingerprint density at radius 2 is 1.06 bits per heavy atom. The predicted molar refractivity (Wildman–Crippen MR) is 143 cm³/mol. The van der Waals surface area contributed by atoms with Gasteiger partial charge < -0.3 is 0 Å². The average Bonchev–Trinajstić information content (AvgIpc) is 2.74. The third kappa shape index (κ3) is 13.6. The van der Waals surface area contributed by atoms with E-state index in [1.807, 2.05) is 6.07 Å². The summed E-state index contributed by atoms with van der Waals surface area (Å²) in [5.41, 5.74) is 1.67. The first-order valence-corrected chi connectivity index (χ1v) is 15.2. The summed E-state index contributed by atoms with van der Waals surface area (Å²) in [7, 11) is -4.19. The summed E-state index contributed by atoms with van der Waals surface area (Å²) in [5.74, 6) is 0. The smallest absolute Gasteiger partial charge is 0.282 e. The van der Waals surface area contributed by atoms with Gasteiger partial charge in [-0.1, -0.05) is 143 Å². The summed E-state index contributed by atoms with van der Waals surface area (Å²) in [6, 6.07) is 5.27. The molecule has 3 nitrogen and oxygen atoms in total. The van der Waals surface area contributed by atoms with Gasteiger partial charge in [0.15, 0.2) is 0 Å². The van der Waals surface area contributed by atoms with Crippen LogP contribution in [0.4, 0.5) is 0 Å². The minimum atomic E-state index is -4.19. The van der Waals surface area contributed by atoms with Gasteiger partial charge in [0.2, 0.25) is 0 Å². The van der Waals surface area contributed by atoms with Crippen molar-refractivity contribution in [2.24, 2.45) is 0 Å². The van der Waals surface area contributed by atoms with Gasteiger partial charge in [0.25, 0.3) is 10.1 Å². The minimum absolute atomic E-state index is 0.0893. The SMILES string of the molecule is CCCCCCCCCCCCCCCCCCCc1c(C(C)(C)C)cccc1S(=O)(=O)O. The molecule has 0 aromatic heterocycles. The highest BCUT2D eigenvalue weighted by Gasteiger charge is 2.24. The van der Waals surface area contributed by atoms with Gasteiger partial charge in [0, 0.05) is 0 Å². The molecular formula is C29H52O3S.